The number of para-hydroxylation sites is 6. The molecular weight excluding hydrogens is 1010 g/mol. The van der Waals surface area contributed by atoms with Crippen LogP contribution >= 0.6 is 0 Å². The zero-order valence-corrected chi connectivity index (χ0v) is 50.7. The second-order valence-electron chi connectivity index (χ2n) is 25.0. The summed E-state index contributed by atoms with van der Waals surface area (Å²) in [6.45, 7) is 9.34. The van der Waals surface area contributed by atoms with E-state index in [9.17, 15) is 0 Å². The van der Waals surface area contributed by atoms with Crippen LogP contribution in [0.3, 0.4) is 0 Å². The van der Waals surface area contributed by atoms with Gasteiger partial charge in [-0.25, -0.2) is 0 Å². The molecule has 0 N–H and O–H groups in total. The fourth-order valence-electron chi connectivity index (χ4n) is 16.1. The van der Waals surface area contributed by atoms with Crippen molar-refractivity contribution in [3.05, 3.63) is 229 Å². The van der Waals surface area contributed by atoms with E-state index in [1.54, 1.807) is 0 Å². The van der Waals surface area contributed by atoms with Crippen molar-refractivity contribution in [1.82, 2.24) is 0 Å². The predicted octanol–water partition coefficient (Wildman–Crippen LogP) is 25.1. The van der Waals surface area contributed by atoms with E-state index in [1.165, 1.54) is 250 Å². The lowest BCUT2D eigenvalue weighted by Crippen LogP contribution is -2.36. The van der Waals surface area contributed by atoms with E-state index in [0.717, 1.165) is 0 Å². The average molecular weight is 1100 g/mol. The third-order valence-electron chi connectivity index (χ3n) is 20.0. The summed E-state index contributed by atoms with van der Waals surface area (Å²) in [5.41, 5.74) is 18.7. The minimum Gasteiger partial charge on any atom is -0.309 e. The molecule has 2 aliphatic heterocycles. The van der Waals surface area contributed by atoms with Crippen LogP contribution in [-0.2, 0) is 10.8 Å². The molecule has 11 aromatic carbocycles. The van der Waals surface area contributed by atoms with Gasteiger partial charge in [0.1, 0.15) is 0 Å². The molecule has 0 atom stereocenters. The van der Waals surface area contributed by atoms with Crippen molar-refractivity contribution in [2.45, 2.75) is 167 Å². The second-order valence-corrected chi connectivity index (χ2v) is 25.0. The topological polar surface area (TPSA) is 6.48 Å². The van der Waals surface area contributed by atoms with Crippen molar-refractivity contribution in [1.29, 1.82) is 0 Å². The lowest BCUT2D eigenvalue weighted by molar-refractivity contribution is 0.391. The van der Waals surface area contributed by atoms with Gasteiger partial charge in [0, 0.05) is 22.0 Å². The van der Waals surface area contributed by atoms with Crippen molar-refractivity contribution in [3.8, 4) is 22.3 Å². The lowest BCUT2D eigenvalue weighted by atomic mass is 9.65. The Morgan fingerprint density at radius 2 is 0.500 bits per heavy atom. The molecular formula is C82H86N2. The Hall–Kier alpha value is -7.68. The number of hydrogen-bond acceptors (Lipinski definition) is 2. The van der Waals surface area contributed by atoms with Crippen LogP contribution in [0.4, 0.5) is 34.1 Å². The van der Waals surface area contributed by atoms with E-state index in [-0.39, 0.29) is 10.8 Å². The second kappa shape index (κ2) is 24.5. The molecule has 0 saturated heterocycles. The molecule has 2 heterocycles. The summed E-state index contributed by atoms with van der Waals surface area (Å²) in [4.78, 5) is 5.25. The number of fused-ring (bicyclic) bond motifs is 6. The maximum Gasteiger partial charge on any atom is 0.0540 e. The first-order chi connectivity index (χ1) is 41.6. The first-order valence-corrected chi connectivity index (χ1v) is 32.9. The number of benzene rings is 11. The molecule has 0 amide bonds. The highest BCUT2D eigenvalue weighted by atomic mass is 15.2. The number of hydrogen-bond donors (Lipinski definition) is 0. The van der Waals surface area contributed by atoms with Gasteiger partial charge in [0.05, 0.1) is 34.1 Å². The molecule has 0 bridgehead atoms. The molecule has 0 fully saturated rings. The summed E-state index contributed by atoms with van der Waals surface area (Å²) in [5.74, 6) is 0. The highest BCUT2D eigenvalue weighted by Crippen LogP contribution is 2.60. The average Bonchev–Trinajstić information content (AvgIpc) is 0.952. The highest BCUT2D eigenvalue weighted by molar-refractivity contribution is 6.35. The Morgan fingerprint density at radius 1 is 0.226 bits per heavy atom. The van der Waals surface area contributed by atoms with Crippen LogP contribution in [0.2, 0.25) is 0 Å². The van der Waals surface area contributed by atoms with E-state index in [0.29, 0.717) is 0 Å². The van der Waals surface area contributed by atoms with Crippen molar-refractivity contribution in [2.24, 2.45) is 0 Å². The number of nitrogens with zero attached hydrogens (tertiary/aromatic N) is 2. The van der Waals surface area contributed by atoms with Crippen LogP contribution in [0.15, 0.2) is 206 Å². The highest BCUT2D eigenvalue weighted by Gasteiger charge is 2.45. The molecule has 84 heavy (non-hydrogen) atoms. The van der Waals surface area contributed by atoms with E-state index >= 15 is 0 Å². The summed E-state index contributed by atoms with van der Waals surface area (Å²) in [7, 11) is 0. The molecule has 2 aliphatic rings. The van der Waals surface area contributed by atoms with E-state index in [1.807, 2.05) is 0 Å². The van der Waals surface area contributed by atoms with Gasteiger partial charge in [0.15, 0.2) is 0 Å². The third-order valence-corrected chi connectivity index (χ3v) is 20.0. The van der Waals surface area contributed by atoms with Gasteiger partial charge in [0.25, 0.3) is 0 Å². The Kier molecular flexibility index (Phi) is 16.2. The van der Waals surface area contributed by atoms with Crippen molar-refractivity contribution < 1.29 is 0 Å². The maximum atomic E-state index is 2.63. The van der Waals surface area contributed by atoms with Gasteiger partial charge in [0.2, 0.25) is 0 Å². The minimum absolute atomic E-state index is 0.0330. The summed E-state index contributed by atoms with van der Waals surface area (Å²) in [6.07, 6.45) is 25.0. The zero-order chi connectivity index (χ0) is 57.0. The summed E-state index contributed by atoms with van der Waals surface area (Å²) >= 11 is 0. The first-order valence-electron chi connectivity index (χ1n) is 32.9. The van der Waals surface area contributed by atoms with Gasteiger partial charge in [-0.05, 0) is 139 Å². The van der Waals surface area contributed by atoms with Crippen molar-refractivity contribution in [2.75, 3.05) is 9.80 Å². The number of anilines is 6. The molecule has 424 valence electrons. The summed E-state index contributed by atoms with van der Waals surface area (Å²) in [5, 5.41) is 10.5. The fourth-order valence-corrected chi connectivity index (χ4v) is 16.1. The predicted molar refractivity (Wildman–Crippen MR) is 364 cm³/mol. The van der Waals surface area contributed by atoms with Gasteiger partial charge in [-0.3, -0.25) is 0 Å². The van der Waals surface area contributed by atoms with Crippen LogP contribution in [0, 0.1) is 0 Å². The maximum absolute atomic E-state index is 2.63. The van der Waals surface area contributed by atoms with Gasteiger partial charge >= 0.3 is 0 Å². The van der Waals surface area contributed by atoms with Gasteiger partial charge in [-0.1, -0.05) is 300 Å². The Labute approximate surface area is 501 Å². The zero-order valence-electron chi connectivity index (χ0n) is 50.7. The third kappa shape index (κ3) is 9.57. The normalized spacial score (nSPS) is 14.1. The Bertz CT molecular complexity index is 3680. The van der Waals surface area contributed by atoms with E-state index in [4.69, 9.17) is 0 Å². The molecule has 13 rings (SSSR count). The molecule has 2 heteroatoms. The molecule has 0 spiro atoms. The van der Waals surface area contributed by atoms with E-state index in [2.05, 4.69) is 244 Å². The smallest absolute Gasteiger partial charge is 0.0540 e. The summed E-state index contributed by atoms with van der Waals surface area (Å²) in [6, 6.07) is 80.3. The molecule has 0 aromatic heterocycles. The first kappa shape index (κ1) is 55.5. The van der Waals surface area contributed by atoms with Gasteiger partial charge in [-0.15, -0.1) is 0 Å². The SMILES string of the molecule is CCCCCCC1(CCCCCC)c2ccccc2N(c2ccccc2-c2ccc3c4ccc(-c5ccccc5N5c6ccccc6C(CCCCCC)(CCCCCC)c6ccccc65)c5cccc(c6cccc2c63)c54)c2ccccc21. The fraction of sp³-hybridized carbons (Fsp3) is 0.317. The summed E-state index contributed by atoms with van der Waals surface area (Å²) < 4.78 is 0. The molecule has 11 aromatic rings. The molecule has 0 unspecified atom stereocenters. The van der Waals surface area contributed by atoms with Crippen LogP contribution in [-0.4, -0.2) is 0 Å². The monoisotopic (exact) mass is 1100 g/mol. The van der Waals surface area contributed by atoms with Gasteiger partial charge < -0.3 is 9.80 Å². The van der Waals surface area contributed by atoms with Crippen LogP contribution in [0.5, 0.6) is 0 Å². The number of rotatable bonds is 24. The van der Waals surface area contributed by atoms with Gasteiger partial charge in [-0.2, -0.15) is 0 Å². The Morgan fingerprint density at radius 3 is 0.821 bits per heavy atom. The van der Waals surface area contributed by atoms with Crippen molar-refractivity contribution >= 4 is 77.2 Å². The largest absolute Gasteiger partial charge is 0.309 e. The molecule has 0 saturated carbocycles. The van der Waals surface area contributed by atoms with Crippen molar-refractivity contribution in [3.63, 3.8) is 0 Å². The van der Waals surface area contributed by atoms with E-state index < -0.39 is 0 Å². The Balaban J connectivity index is 0.937. The molecule has 2 nitrogen and oxygen atoms in total. The quantitative estimate of drug-likeness (QED) is 0.0338. The van der Waals surface area contributed by atoms with Crippen LogP contribution in [0.1, 0.15) is 178 Å². The molecule has 0 radical (unpaired) electrons. The lowest BCUT2D eigenvalue weighted by Gasteiger charge is -2.46. The minimum atomic E-state index is -0.0330. The number of unbranched alkanes of at least 4 members (excludes halogenated alkanes) is 12. The van der Waals surface area contributed by atoms with Crippen LogP contribution in [0.25, 0.3) is 65.3 Å². The van der Waals surface area contributed by atoms with Crippen LogP contribution < -0.4 is 9.80 Å². The molecule has 0 aliphatic carbocycles. The standard InChI is InChI=1S/C82H86N2/c1-5-9-13-29-55-81(56-30-14-10-6-2)69-41-19-25-47-75(69)83(76-48-26-20-42-70(76)81)73-45-23-17-35-61(73)59-51-53-67-68-54-52-60(64-38-34-40-66(80(64)68)65-39-33-37-63(59)79(65)67)62-36-18-24-46-74(62)84-77-49-27-21-43-71(77)82(57-31-15-11-7-3,58-32-16-12-8-4)72-44-22-28-50-78(72)84/h17-28,33-54H,5-16,29-32,55-58H2,1-4H3.